The highest BCUT2D eigenvalue weighted by Gasteiger charge is 2.25. The molecule has 0 spiro atoms. The van der Waals surface area contributed by atoms with Crippen LogP contribution in [0.4, 0.5) is 0 Å². The van der Waals surface area contributed by atoms with Gasteiger partial charge in [0.1, 0.15) is 5.78 Å². The molecule has 0 heterocycles. The van der Waals surface area contributed by atoms with Gasteiger partial charge in [0.2, 0.25) is 0 Å². The third-order valence-corrected chi connectivity index (χ3v) is 5.17. The number of Topliss-reactive ketones (excluding diaryl/α,β-unsaturated/α-hetero) is 1. The van der Waals surface area contributed by atoms with Gasteiger partial charge in [0, 0.05) is 11.8 Å². The van der Waals surface area contributed by atoms with Crippen LogP contribution in [0.15, 0.2) is 42.5 Å². The molecule has 1 atom stereocenters. The molecular weight excluding hydrogens is 268 g/mol. The summed E-state index contributed by atoms with van der Waals surface area (Å²) in [6.45, 7) is 2.12. The average molecular weight is 294 g/mol. The summed E-state index contributed by atoms with van der Waals surface area (Å²) in [4.78, 5) is 12.5. The van der Waals surface area contributed by atoms with E-state index in [2.05, 4.69) is 49.4 Å². The van der Waals surface area contributed by atoms with Crippen LogP contribution in [0.2, 0.25) is 0 Å². The summed E-state index contributed by atoms with van der Waals surface area (Å²) in [7, 11) is 0. The fourth-order valence-corrected chi connectivity index (χ4v) is 3.71. The van der Waals surface area contributed by atoms with E-state index >= 15 is 0 Å². The van der Waals surface area contributed by atoms with Gasteiger partial charge in [-0.05, 0) is 42.0 Å². The van der Waals surface area contributed by atoms with E-state index in [-0.39, 0.29) is 5.92 Å². The molecule has 1 unspecified atom stereocenters. The molecule has 1 saturated carbocycles. The smallest absolute Gasteiger partial charge is 0.138 e. The Hall–Kier alpha value is -1.63. The molecule has 0 radical (unpaired) electrons. The number of rotatable bonds is 5. The van der Waals surface area contributed by atoms with Crippen molar-refractivity contribution >= 4 is 16.6 Å². The molecule has 1 heteroatoms. The fourth-order valence-electron chi connectivity index (χ4n) is 3.71. The normalized spacial score (nSPS) is 17.5. The van der Waals surface area contributed by atoms with Crippen LogP contribution in [0.5, 0.6) is 0 Å². The molecule has 3 rings (SSSR count). The van der Waals surface area contributed by atoms with E-state index in [9.17, 15) is 4.79 Å². The van der Waals surface area contributed by atoms with Crippen LogP contribution in [-0.2, 0) is 11.2 Å². The third-order valence-electron chi connectivity index (χ3n) is 5.17. The van der Waals surface area contributed by atoms with Crippen molar-refractivity contribution in [2.75, 3.05) is 0 Å². The number of benzene rings is 2. The Morgan fingerprint density at radius 2 is 1.77 bits per heavy atom. The topological polar surface area (TPSA) is 17.1 Å². The first-order valence-electron chi connectivity index (χ1n) is 8.75. The zero-order valence-electron chi connectivity index (χ0n) is 13.6. The largest absolute Gasteiger partial charge is 0.299 e. The summed E-state index contributed by atoms with van der Waals surface area (Å²) in [6.07, 6.45) is 8.04. The Kier molecular flexibility index (Phi) is 4.92. The van der Waals surface area contributed by atoms with E-state index in [1.54, 1.807) is 0 Å². The lowest BCUT2D eigenvalue weighted by molar-refractivity contribution is -0.127. The van der Waals surface area contributed by atoms with Crippen molar-refractivity contribution in [3.8, 4) is 0 Å². The first-order valence-corrected chi connectivity index (χ1v) is 8.75. The molecule has 1 aliphatic rings. The molecule has 0 saturated heterocycles. The Morgan fingerprint density at radius 3 is 2.55 bits per heavy atom. The van der Waals surface area contributed by atoms with Crippen LogP contribution in [-0.4, -0.2) is 5.78 Å². The molecule has 2 aromatic carbocycles. The van der Waals surface area contributed by atoms with Crippen molar-refractivity contribution in [2.24, 2.45) is 11.8 Å². The molecule has 1 aliphatic carbocycles. The number of ketones is 1. The monoisotopic (exact) mass is 294 g/mol. The molecule has 1 fully saturated rings. The molecule has 2 aromatic rings. The minimum atomic E-state index is 0.203. The summed E-state index contributed by atoms with van der Waals surface area (Å²) in [5.74, 6) is 1.07. The highest BCUT2D eigenvalue weighted by atomic mass is 16.1. The number of aryl methyl sites for hydroxylation is 1. The maximum absolute atomic E-state index is 12.5. The lowest BCUT2D eigenvalue weighted by Gasteiger charge is -2.23. The molecule has 116 valence electrons. The number of hydrogen-bond acceptors (Lipinski definition) is 1. The van der Waals surface area contributed by atoms with Crippen LogP contribution < -0.4 is 0 Å². The van der Waals surface area contributed by atoms with Gasteiger partial charge in [0.05, 0.1) is 0 Å². The Morgan fingerprint density at radius 1 is 1.05 bits per heavy atom. The number of hydrogen-bond donors (Lipinski definition) is 0. The molecule has 0 aliphatic heterocycles. The van der Waals surface area contributed by atoms with Crippen LogP contribution in [0.1, 0.15) is 51.0 Å². The Balaban J connectivity index is 1.59. The maximum atomic E-state index is 12.5. The molecule has 0 bridgehead atoms. The van der Waals surface area contributed by atoms with Crippen LogP contribution in [0, 0.1) is 11.8 Å². The second-order valence-corrected chi connectivity index (χ2v) is 6.86. The second-order valence-electron chi connectivity index (χ2n) is 6.86. The lowest BCUT2D eigenvalue weighted by Crippen LogP contribution is -2.24. The van der Waals surface area contributed by atoms with Crippen molar-refractivity contribution < 1.29 is 4.79 Å². The molecule has 22 heavy (non-hydrogen) atoms. The number of fused-ring (bicyclic) bond motifs is 1. The summed E-state index contributed by atoms with van der Waals surface area (Å²) in [5.41, 5.74) is 1.35. The number of carbonyl (C=O) groups is 1. The quantitative estimate of drug-likeness (QED) is 0.705. The predicted molar refractivity (Wildman–Crippen MR) is 93.0 cm³/mol. The van der Waals surface area contributed by atoms with Gasteiger partial charge < -0.3 is 0 Å². The van der Waals surface area contributed by atoms with Gasteiger partial charge in [0.15, 0.2) is 0 Å². The number of carbonyl (C=O) groups excluding carboxylic acids is 1. The van der Waals surface area contributed by atoms with Crippen LogP contribution in [0.25, 0.3) is 10.8 Å². The van der Waals surface area contributed by atoms with Crippen LogP contribution >= 0.6 is 0 Å². The first kappa shape index (κ1) is 15.3. The highest BCUT2D eigenvalue weighted by Crippen LogP contribution is 2.28. The van der Waals surface area contributed by atoms with Crippen molar-refractivity contribution in [2.45, 2.75) is 51.9 Å². The summed E-state index contributed by atoms with van der Waals surface area (Å²) < 4.78 is 0. The zero-order valence-corrected chi connectivity index (χ0v) is 13.6. The minimum absolute atomic E-state index is 0.203. The van der Waals surface area contributed by atoms with Crippen LogP contribution in [0.3, 0.4) is 0 Å². The summed E-state index contributed by atoms with van der Waals surface area (Å²) in [6, 6.07) is 15.1. The van der Waals surface area contributed by atoms with Gasteiger partial charge in [0.25, 0.3) is 0 Å². The average Bonchev–Trinajstić information content (AvgIpc) is 2.59. The summed E-state index contributed by atoms with van der Waals surface area (Å²) in [5, 5.41) is 2.59. The van der Waals surface area contributed by atoms with E-state index in [0.29, 0.717) is 11.7 Å². The van der Waals surface area contributed by atoms with Gasteiger partial charge in [-0.1, -0.05) is 68.7 Å². The molecule has 0 amide bonds. The first-order chi connectivity index (χ1) is 10.7. The zero-order chi connectivity index (χ0) is 15.4. The summed E-state index contributed by atoms with van der Waals surface area (Å²) >= 11 is 0. The highest BCUT2D eigenvalue weighted by molar-refractivity contribution is 5.84. The fraction of sp³-hybridized carbons (Fsp3) is 0.476. The lowest BCUT2D eigenvalue weighted by atomic mass is 9.80. The van der Waals surface area contributed by atoms with Crippen molar-refractivity contribution in [1.82, 2.24) is 0 Å². The van der Waals surface area contributed by atoms with Gasteiger partial charge in [-0.25, -0.2) is 0 Å². The van der Waals surface area contributed by atoms with E-state index < -0.39 is 0 Å². The molecule has 0 N–H and O–H groups in total. The predicted octanol–water partition coefficient (Wildman–Crippen LogP) is 5.56. The maximum Gasteiger partial charge on any atom is 0.138 e. The van der Waals surface area contributed by atoms with Gasteiger partial charge in [-0.2, -0.15) is 0 Å². The van der Waals surface area contributed by atoms with E-state index in [4.69, 9.17) is 0 Å². The van der Waals surface area contributed by atoms with Crippen molar-refractivity contribution in [3.05, 3.63) is 48.0 Å². The Bertz CT molecular complexity index is 637. The van der Waals surface area contributed by atoms with E-state index in [1.165, 1.54) is 35.6 Å². The van der Waals surface area contributed by atoms with Gasteiger partial charge in [-0.3, -0.25) is 4.79 Å². The van der Waals surface area contributed by atoms with E-state index in [1.807, 2.05) is 0 Å². The van der Waals surface area contributed by atoms with Gasteiger partial charge >= 0.3 is 0 Å². The third kappa shape index (κ3) is 3.58. The molecular formula is C21H26O. The van der Waals surface area contributed by atoms with E-state index in [0.717, 1.165) is 25.7 Å². The second kappa shape index (κ2) is 7.09. The minimum Gasteiger partial charge on any atom is -0.299 e. The van der Waals surface area contributed by atoms with Crippen molar-refractivity contribution in [1.29, 1.82) is 0 Å². The van der Waals surface area contributed by atoms with Crippen molar-refractivity contribution in [3.63, 3.8) is 0 Å². The molecule has 0 aromatic heterocycles. The standard InChI is InChI=1S/C21H26O/c1-16(21(22)19-8-3-2-4-9-19)11-12-17-13-14-18-7-5-6-10-20(18)15-17/h5-7,10,13-16,19H,2-4,8-9,11-12H2,1H3. The van der Waals surface area contributed by atoms with Gasteiger partial charge in [-0.15, -0.1) is 0 Å². The molecule has 1 nitrogen and oxygen atoms in total. The Labute approximate surface area is 133 Å². The SMILES string of the molecule is CC(CCc1ccc2ccccc2c1)C(=O)C1CCCCC1.